The number of likely N-dealkylation sites (tertiary alicyclic amines) is 1. The number of rotatable bonds is 6. The van der Waals surface area contributed by atoms with Crippen LogP contribution < -0.4 is 5.32 Å². The first kappa shape index (κ1) is 15.7. The summed E-state index contributed by atoms with van der Waals surface area (Å²) in [6.07, 6.45) is 4.32. The number of nitrogens with one attached hydrogen (secondary N) is 1. The maximum absolute atomic E-state index is 11.9. The number of likely N-dealkylation sites (N-methyl/N-ethyl adjacent to an activating group) is 2. The maximum atomic E-state index is 11.9. The Bertz CT molecular complexity index is 304. The van der Waals surface area contributed by atoms with Gasteiger partial charge in [-0.3, -0.25) is 9.69 Å². The van der Waals surface area contributed by atoms with Gasteiger partial charge in [-0.1, -0.05) is 0 Å². The lowest BCUT2D eigenvalue weighted by molar-refractivity contribution is -0.121. The van der Waals surface area contributed by atoms with Gasteiger partial charge in [0.1, 0.15) is 0 Å². The number of amides is 1. The van der Waals surface area contributed by atoms with Crippen LogP contribution in [0.5, 0.6) is 0 Å². The smallest absolute Gasteiger partial charge is 0.220 e. The van der Waals surface area contributed by atoms with E-state index >= 15 is 0 Å². The summed E-state index contributed by atoms with van der Waals surface area (Å²) in [5.41, 5.74) is 0. The van der Waals surface area contributed by atoms with Crippen LogP contribution in [0.1, 0.15) is 25.7 Å². The number of nitrogens with zero attached hydrogens (tertiary/aromatic N) is 3. The molecule has 0 spiro atoms. The zero-order valence-corrected chi connectivity index (χ0v) is 13.1. The highest BCUT2D eigenvalue weighted by molar-refractivity contribution is 5.75. The van der Waals surface area contributed by atoms with Crippen molar-refractivity contribution in [2.45, 2.75) is 31.7 Å². The molecule has 2 fully saturated rings. The Labute approximate surface area is 123 Å². The minimum Gasteiger partial charge on any atom is -0.354 e. The van der Waals surface area contributed by atoms with Gasteiger partial charge in [0.15, 0.2) is 0 Å². The van der Waals surface area contributed by atoms with Gasteiger partial charge in [0.25, 0.3) is 0 Å². The summed E-state index contributed by atoms with van der Waals surface area (Å²) in [6, 6.07) is 0.455. The molecule has 0 saturated carbocycles. The summed E-state index contributed by atoms with van der Waals surface area (Å²) in [4.78, 5) is 19.0. The fourth-order valence-electron chi connectivity index (χ4n) is 3.11. The van der Waals surface area contributed by atoms with Crippen LogP contribution in [0, 0.1) is 0 Å². The normalized spacial score (nSPS) is 26.0. The van der Waals surface area contributed by atoms with Gasteiger partial charge in [-0.25, -0.2) is 0 Å². The van der Waals surface area contributed by atoms with E-state index in [4.69, 9.17) is 0 Å². The van der Waals surface area contributed by atoms with Crippen molar-refractivity contribution >= 4 is 5.91 Å². The molecule has 0 bridgehead atoms. The van der Waals surface area contributed by atoms with Crippen LogP contribution in [0.4, 0.5) is 0 Å². The van der Waals surface area contributed by atoms with Crippen molar-refractivity contribution in [3.63, 3.8) is 0 Å². The van der Waals surface area contributed by atoms with Crippen LogP contribution in [-0.4, -0.2) is 86.6 Å². The first-order valence-electron chi connectivity index (χ1n) is 8.03. The summed E-state index contributed by atoms with van der Waals surface area (Å²) in [6.45, 7) is 7.57. The van der Waals surface area contributed by atoms with E-state index in [9.17, 15) is 4.79 Å². The fraction of sp³-hybridized carbons (Fsp3) is 0.933. The van der Waals surface area contributed by atoms with E-state index in [1.807, 2.05) is 0 Å². The molecule has 2 aliphatic rings. The van der Waals surface area contributed by atoms with Gasteiger partial charge in [0.05, 0.1) is 0 Å². The summed E-state index contributed by atoms with van der Waals surface area (Å²) < 4.78 is 0. The lowest BCUT2D eigenvalue weighted by Crippen LogP contribution is -2.54. The van der Waals surface area contributed by atoms with Crippen molar-refractivity contribution in [2.75, 3.05) is 59.9 Å². The molecule has 5 nitrogen and oxygen atoms in total. The molecule has 5 heteroatoms. The van der Waals surface area contributed by atoms with Crippen LogP contribution in [0.25, 0.3) is 0 Å². The molecule has 2 rings (SSSR count). The molecule has 1 N–H and O–H groups in total. The molecular weight excluding hydrogens is 252 g/mol. The van der Waals surface area contributed by atoms with E-state index < -0.39 is 0 Å². The minimum absolute atomic E-state index is 0.214. The second-order valence-electron chi connectivity index (χ2n) is 6.35. The van der Waals surface area contributed by atoms with Crippen molar-refractivity contribution in [3.05, 3.63) is 0 Å². The third kappa shape index (κ3) is 5.04. The molecule has 0 aliphatic carbocycles. The third-order valence-electron chi connectivity index (χ3n) is 4.59. The lowest BCUT2D eigenvalue weighted by Gasteiger charge is -2.37. The zero-order chi connectivity index (χ0) is 14.4. The highest BCUT2D eigenvalue weighted by Gasteiger charge is 2.22. The first-order valence-corrected chi connectivity index (χ1v) is 8.03. The fourth-order valence-corrected chi connectivity index (χ4v) is 3.11. The minimum atomic E-state index is 0.214. The number of carbonyl (C=O) groups excluding carboxylic acids is 1. The Hall–Kier alpha value is -0.650. The quantitative estimate of drug-likeness (QED) is 0.757. The molecule has 1 atom stereocenters. The molecular formula is C15H30N4O. The summed E-state index contributed by atoms with van der Waals surface area (Å²) in [5, 5.41) is 3.10. The average Bonchev–Trinajstić information content (AvgIpc) is 2.93. The molecule has 0 aromatic heterocycles. The molecule has 20 heavy (non-hydrogen) atoms. The number of hydrogen-bond acceptors (Lipinski definition) is 4. The van der Waals surface area contributed by atoms with Crippen LogP contribution >= 0.6 is 0 Å². The van der Waals surface area contributed by atoms with Crippen LogP contribution in [0.2, 0.25) is 0 Å². The van der Waals surface area contributed by atoms with Gasteiger partial charge in [-0.15, -0.1) is 0 Å². The lowest BCUT2D eigenvalue weighted by atomic mass is 10.2. The van der Waals surface area contributed by atoms with Gasteiger partial charge in [-0.2, -0.15) is 0 Å². The average molecular weight is 282 g/mol. The van der Waals surface area contributed by atoms with Crippen molar-refractivity contribution < 1.29 is 4.79 Å². The van der Waals surface area contributed by atoms with E-state index in [0.717, 1.165) is 39.1 Å². The van der Waals surface area contributed by atoms with E-state index in [1.165, 1.54) is 25.9 Å². The van der Waals surface area contributed by atoms with E-state index in [-0.39, 0.29) is 5.91 Å². The van der Waals surface area contributed by atoms with Crippen molar-refractivity contribution in [1.29, 1.82) is 0 Å². The van der Waals surface area contributed by atoms with E-state index in [2.05, 4.69) is 34.1 Å². The molecule has 116 valence electrons. The van der Waals surface area contributed by atoms with Gasteiger partial charge in [0, 0.05) is 38.6 Å². The second kappa shape index (κ2) is 7.96. The van der Waals surface area contributed by atoms with Crippen LogP contribution in [-0.2, 0) is 4.79 Å². The number of piperazine rings is 1. The van der Waals surface area contributed by atoms with Crippen LogP contribution in [0.3, 0.4) is 0 Å². The van der Waals surface area contributed by atoms with Gasteiger partial charge in [0.2, 0.25) is 5.91 Å². The molecule has 1 amide bonds. The predicted octanol–water partition coefficient (Wildman–Crippen LogP) is 0.224. The topological polar surface area (TPSA) is 38.8 Å². The standard InChI is InChI=1S/C15H30N4O/c1-17-10-11-18(2)14(13-17)12-16-15(20)6-5-9-19-7-3-4-8-19/h14H,3-13H2,1-2H3,(H,16,20)/t14-/m1/s1. The number of hydrogen-bond donors (Lipinski definition) is 1. The SMILES string of the molecule is CN1CCN(C)[C@H](CNC(=O)CCCN2CCCC2)C1. The number of carbonyl (C=O) groups is 1. The Kier molecular flexibility index (Phi) is 6.26. The Balaban J connectivity index is 1.57. The molecule has 2 aliphatic heterocycles. The van der Waals surface area contributed by atoms with Gasteiger partial charge in [-0.05, 0) is 53.0 Å². The predicted molar refractivity (Wildman–Crippen MR) is 81.8 cm³/mol. The van der Waals surface area contributed by atoms with Gasteiger partial charge < -0.3 is 15.1 Å². The molecule has 0 radical (unpaired) electrons. The Morgan fingerprint density at radius 1 is 1.15 bits per heavy atom. The van der Waals surface area contributed by atoms with E-state index in [0.29, 0.717) is 12.5 Å². The van der Waals surface area contributed by atoms with Crippen molar-refractivity contribution in [1.82, 2.24) is 20.0 Å². The van der Waals surface area contributed by atoms with E-state index in [1.54, 1.807) is 0 Å². The highest BCUT2D eigenvalue weighted by Crippen LogP contribution is 2.08. The molecule has 2 heterocycles. The largest absolute Gasteiger partial charge is 0.354 e. The van der Waals surface area contributed by atoms with Crippen molar-refractivity contribution in [3.8, 4) is 0 Å². The second-order valence-corrected chi connectivity index (χ2v) is 6.35. The highest BCUT2D eigenvalue weighted by atomic mass is 16.1. The Morgan fingerprint density at radius 2 is 1.90 bits per heavy atom. The van der Waals surface area contributed by atoms with Crippen molar-refractivity contribution in [2.24, 2.45) is 0 Å². The molecule has 2 saturated heterocycles. The maximum Gasteiger partial charge on any atom is 0.220 e. The van der Waals surface area contributed by atoms with Gasteiger partial charge >= 0.3 is 0 Å². The molecule has 0 unspecified atom stereocenters. The first-order chi connectivity index (χ1) is 9.65. The molecule has 0 aromatic carbocycles. The summed E-state index contributed by atoms with van der Waals surface area (Å²) >= 11 is 0. The monoisotopic (exact) mass is 282 g/mol. The third-order valence-corrected chi connectivity index (χ3v) is 4.59. The summed E-state index contributed by atoms with van der Waals surface area (Å²) in [5.74, 6) is 0.214. The van der Waals surface area contributed by atoms with Crippen LogP contribution in [0.15, 0.2) is 0 Å². The Morgan fingerprint density at radius 3 is 2.65 bits per heavy atom. The zero-order valence-electron chi connectivity index (χ0n) is 13.1. The summed E-state index contributed by atoms with van der Waals surface area (Å²) in [7, 11) is 4.30. The molecule has 0 aromatic rings.